The largest absolute Gasteiger partial charge is 0.327 e. The number of benzene rings is 1. The molecule has 0 saturated carbocycles. The zero-order chi connectivity index (χ0) is 14.0. The molecule has 1 aromatic rings. The van der Waals surface area contributed by atoms with Crippen LogP contribution in [0.1, 0.15) is 37.4 Å². The minimum absolute atomic E-state index is 0.0515. The number of nitrogens with one attached hydrogen (secondary N) is 2. The average Bonchev–Trinajstić information content (AvgIpc) is 2.38. The fourth-order valence-electron chi connectivity index (χ4n) is 2.26. The second kappa shape index (κ2) is 5.26. The van der Waals surface area contributed by atoms with Crippen molar-refractivity contribution in [3.8, 4) is 0 Å². The van der Waals surface area contributed by atoms with Crippen LogP contribution in [0.25, 0.3) is 0 Å². The molecule has 1 atom stereocenters. The summed E-state index contributed by atoms with van der Waals surface area (Å²) < 4.78 is 0. The predicted molar refractivity (Wildman–Crippen MR) is 73.6 cm³/mol. The van der Waals surface area contributed by atoms with Crippen LogP contribution in [0, 0.1) is 6.92 Å². The summed E-state index contributed by atoms with van der Waals surface area (Å²) in [5, 5.41) is 5.48. The second-order valence-corrected chi connectivity index (χ2v) is 4.76. The number of amides is 2. The van der Waals surface area contributed by atoms with Gasteiger partial charge in [-0.1, -0.05) is 36.8 Å². The predicted octanol–water partition coefficient (Wildman–Crippen LogP) is 2.60. The van der Waals surface area contributed by atoms with Gasteiger partial charge in [0.2, 0.25) is 0 Å². The highest BCUT2D eigenvalue weighted by atomic mass is 16.2. The van der Waals surface area contributed by atoms with Gasteiger partial charge in [-0.3, -0.25) is 4.79 Å². The Bertz CT molecular complexity index is 544. The highest BCUT2D eigenvalue weighted by Gasteiger charge is 2.29. The molecule has 2 N–H and O–H groups in total. The molecule has 0 aliphatic carbocycles. The van der Waals surface area contributed by atoms with Gasteiger partial charge in [-0.25, -0.2) is 4.79 Å². The van der Waals surface area contributed by atoms with E-state index < -0.39 is 0 Å². The molecule has 4 heteroatoms. The van der Waals surface area contributed by atoms with Crippen molar-refractivity contribution >= 4 is 11.8 Å². The molecule has 2 amide bonds. The fourth-order valence-corrected chi connectivity index (χ4v) is 2.26. The Kier molecular flexibility index (Phi) is 3.69. The maximum absolute atomic E-state index is 12.1. The minimum atomic E-state index is -0.359. The van der Waals surface area contributed by atoms with E-state index in [0.29, 0.717) is 17.7 Å². The molecular weight excluding hydrogens is 240 g/mol. The molecule has 0 aromatic heterocycles. The normalized spacial score (nSPS) is 18.9. The summed E-state index contributed by atoms with van der Waals surface area (Å²) in [5.41, 5.74) is 3.36. The third-order valence-electron chi connectivity index (χ3n) is 3.30. The van der Waals surface area contributed by atoms with Crippen molar-refractivity contribution < 1.29 is 9.59 Å². The number of ketones is 1. The molecule has 0 saturated heterocycles. The Morgan fingerprint density at radius 1 is 1.21 bits per heavy atom. The number of allylic oxidation sites excluding steroid dienone is 1. The number of rotatable bonds is 3. The summed E-state index contributed by atoms with van der Waals surface area (Å²) >= 11 is 0. The molecule has 1 aliphatic rings. The fraction of sp³-hybridized carbons (Fsp3) is 0.333. The van der Waals surface area contributed by atoms with Crippen molar-refractivity contribution in [3.05, 3.63) is 46.7 Å². The Morgan fingerprint density at radius 3 is 2.42 bits per heavy atom. The summed E-state index contributed by atoms with van der Waals surface area (Å²) in [6, 6.07) is 7.22. The molecule has 19 heavy (non-hydrogen) atoms. The van der Waals surface area contributed by atoms with Gasteiger partial charge in [0.15, 0.2) is 5.78 Å². The SMILES string of the molecule is CCC(=O)C1=C(C)NC(=O)N[C@@H]1c1ccc(C)cc1. The summed E-state index contributed by atoms with van der Waals surface area (Å²) in [7, 11) is 0. The summed E-state index contributed by atoms with van der Waals surface area (Å²) in [5.74, 6) is 0.0515. The lowest BCUT2D eigenvalue weighted by atomic mass is 9.91. The number of hydrogen-bond donors (Lipinski definition) is 2. The second-order valence-electron chi connectivity index (χ2n) is 4.76. The van der Waals surface area contributed by atoms with E-state index in [2.05, 4.69) is 10.6 Å². The van der Waals surface area contributed by atoms with Gasteiger partial charge in [0, 0.05) is 17.7 Å². The molecule has 0 fully saturated rings. The molecule has 4 nitrogen and oxygen atoms in total. The zero-order valence-corrected chi connectivity index (χ0v) is 11.4. The molecule has 0 spiro atoms. The first-order valence-electron chi connectivity index (χ1n) is 6.41. The molecule has 0 unspecified atom stereocenters. The van der Waals surface area contributed by atoms with Crippen LogP contribution >= 0.6 is 0 Å². The topological polar surface area (TPSA) is 58.2 Å². The third kappa shape index (κ3) is 2.67. The summed E-state index contributed by atoms with van der Waals surface area (Å²) in [4.78, 5) is 23.7. The first kappa shape index (κ1) is 13.3. The van der Waals surface area contributed by atoms with Gasteiger partial charge in [0.25, 0.3) is 0 Å². The van der Waals surface area contributed by atoms with Crippen molar-refractivity contribution in [1.29, 1.82) is 0 Å². The van der Waals surface area contributed by atoms with E-state index in [9.17, 15) is 9.59 Å². The Balaban J connectivity index is 2.46. The van der Waals surface area contributed by atoms with Crippen molar-refractivity contribution in [2.75, 3.05) is 0 Å². The zero-order valence-electron chi connectivity index (χ0n) is 11.4. The highest BCUT2D eigenvalue weighted by molar-refractivity contribution is 5.99. The molecule has 1 aromatic carbocycles. The van der Waals surface area contributed by atoms with Crippen molar-refractivity contribution in [2.24, 2.45) is 0 Å². The lowest BCUT2D eigenvalue weighted by Gasteiger charge is -2.28. The van der Waals surface area contributed by atoms with E-state index in [-0.39, 0.29) is 17.9 Å². The summed E-state index contributed by atoms with van der Waals surface area (Å²) in [6.07, 6.45) is 0.423. The van der Waals surface area contributed by atoms with Crippen molar-refractivity contribution in [2.45, 2.75) is 33.2 Å². The molecule has 1 heterocycles. The lowest BCUT2D eigenvalue weighted by Crippen LogP contribution is -2.45. The smallest absolute Gasteiger partial charge is 0.319 e. The maximum atomic E-state index is 12.1. The number of hydrogen-bond acceptors (Lipinski definition) is 2. The standard InChI is InChI=1S/C15H18N2O2/c1-4-12(18)13-10(3)16-15(19)17-14(13)11-7-5-9(2)6-8-11/h5-8,14H,4H2,1-3H3,(H2,16,17,19)/t14-/m1/s1. The molecule has 2 rings (SSSR count). The minimum Gasteiger partial charge on any atom is -0.327 e. The van der Waals surface area contributed by atoms with Crippen LogP contribution in [0.4, 0.5) is 4.79 Å². The van der Waals surface area contributed by atoms with Gasteiger partial charge in [-0.2, -0.15) is 0 Å². The number of Topliss-reactive ketones (excluding diaryl/α,β-unsaturated/α-hetero) is 1. The number of aryl methyl sites for hydroxylation is 1. The average molecular weight is 258 g/mol. The van der Waals surface area contributed by atoms with Crippen LogP contribution in [-0.4, -0.2) is 11.8 Å². The monoisotopic (exact) mass is 258 g/mol. The lowest BCUT2D eigenvalue weighted by molar-refractivity contribution is -0.115. The van der Waals surface area contributed by atoms with Gasteiger partial charge >= 0.3 is 6.03 Å². The number of carbonyl (C=O) groups is 2. The van der Waals surface area contributed by atoms with Crippen LogP contribution in [0.3, 0.4) is 0 Å². The number of urea groups is 1. The molecule has 1 aliphatic heterocycles. The molecular formula is C15H18N2O2. The van der Waals surface area contributed by atoms with Gasteiger partial charge in [0.05, 0.1) is 6.04 Å². The Morgan fingerprint density at radius 2 is 1.84 bits per heavy atom. The van der Waals surface area contributed by atoms with E-state index in [1.807, 2.05) is 38.1 Å². The highest BCUT2D eigenvalue weighted by Crippen LogP contribution is 2.28. The molecule has 0 radical (unpaired) electrons. The van der Waals surface area contributed by atoms with Crippen molar-refractivity contribution in [3.63, 3.8) is 0 Å². The van der Waals surface area contributed by atoms with Crippen LogP contribution in [0.15, 0.2) is 35.5 Å². The van der Waals surface area contributed by atoms with Crippen LogP contribution in [0.5, 0.6) is 0 Å². The van der Waals surface area contributed by atoms with E-state index in [1.54, 1.807) is 6.92 Å². The van der Waals surface area contributed by atoms with Gasteiger partial charge in [-0.15, -0.1) is 0 Å². The molecule has 100 valence electrons. The number of carbonyl (C=O) groups excluding carboxylic acids is 2. The summed E-state index contributed by atoms with van der Waals surface area (Å²) in [6.45, 7) is 5.60. The first-order chi connectivity index (χ1) is 9.02. The first-order valence-corrected chi connectivity index (χ1v) is 6.41. The third-order valence-corrected chi connectivity index (χ3v) is 3.30. The maximum Gasteiger partial charge on any atom is 0.319 e. The van der Waals surface area contributed by atoms with E-state index >= 15 is 0 Å². The van der Waals surface area contributed by atoms with Crippen LogP contribution < -0.4 is 10.6 Å². The molecule has 0 bridgehead atoms. The Labute approximate surface area is 112 Å². The van der Waals surface area contributed by atoms with Gasteiger partial charge in [0.1, 0.15) is 0 Å². The quantitative estimate of drug-likeness (QED) is 0.875. The van der Waals surface area contributed by atoms with Crippen molar-refractivity contribution in [1.82, 2.24) is 10.6 Å². The van der Waals surface area contributed by atoms with E-state index in [4.69, 9.17) is 0 Å². The van der Waals surface area contributed by atoms with Crippen LogP contribution in [-0.2, 0) is 4.79 Å². The van der Waals surface area contributed by atoms with Crippen LogP contribution in [0.2, 0.25) is 0 Å². The van der Waals surface area contributed by atoms with Gasteiger partial charge < -0.3 is 10.6 Å². The Hall–Kier alpha value is -2.10. The van der Waals surface area contributed by atoms with E-state index in [1.165, 1.54) is 0 Å². The van der Waals surface area contributed by atoms with E-state index in [0.717, 1.165) is 11.1 Å². The van der Waals surface area contributed by atoms with Gasteiger partial charge in [-0.05, 0) is 19.4 Å².